The lowest BCUT2D eigenvalue weighted by Gasteiger charge is -2.26. The number of fused-ring (bicyclic) bond motifs is 3. The van der Waals surface area contributed by atoms with Gasteiger partial charge < -0.3 is 4.90 Å². The maximum absolute atomic E-state index is 13.2. The SMILES string of the molecule is Cc1ccc(S(=O)(=O)n2ccc3c2ncc2nnc(N4CCCCC4)n23)cc1. The number of rotatable bonds is 3. The molecule has 0 radical (unpaired) electrons. The zero-order valence-electron chi connectivity index (χ0n) is 15.5. The normalized spacial score (nSPS) is 15.5. The van der Waals surface area contributed by atoms with Gasteiger partial charge in [0.25, 0.3) is 10.0 Å². The predicted octanol–water partition coefficient (Wildman–Crippen LogP) is 2.61. The van der Waals surface area contributed by atoms with E-state index in [9.17, 15) is 8.42 Å². The van der Waals surface area contributed by atoms with Crippen molar-refractivity contribution in [1.29, 1.82) is 0 Å². The summed E-state index contributed by atoms with van der Waals surface area (Å²) in [6.45, 7) is 3.77. The van der Waals surface area contributed by atoms with E-state index in [2.05, 4.69) is 20.1 Å². The third kappa shape index (κ3) is 2.57. The maximum Gasteiger partial charge on any atom is 0.269 e. The lowest BCUT2D eigenvalue weighted by molar-refractivity contribution is 0.567. The van der Waals surface area contributed by atoms with Gasteiger partial charge in [-0.2, -0.15) is 0 Å². The minimum Gasteiger partial charge on any atom is -0.341 e. The Hall–Kier alpha value is -2.94. The smallest absolute Gasteiger partial charge is 0.269 e. The van der Waals surface area contributed by atoms with E-state index < -0.39 is 10.0 Å². The third-order valence-corrected chi connectivity index (χ3v) is 6.92. The summed E-state index contributed by atoms with van der Waals surface area (Å²) in [6.07, 6.45) is 6.57. The fourth-order valence-electron chi connectivity index (χ4n) is 3.73. The zero-order chi connectivity index (χ0) is 19.3. The van der Waals surface area contributed by atoms with Gasteiger partial charge in [0.05, 0.1) is 16.6 Å². The van der Waals surface area contributed by atoms with Crippen molar-refractivity contribution in [1.82, 2.24) is 23.6 Å². The second-order valence-corrected chi connectivity index (χ2v) is 8.95. The molecule has 5 rings (SSSR count). The summed E-state index contributed by atoms with van der Waals surface area (Å²) < 4.78 is 29.4. The van der Waals surface area contributed by atoms with Crippen molar-refractivity contribution in [2.45, 2.75) is 31.1 Å². The van der Waals surface area contributed by atoms with Crippen molar-refractivity contribution in [2.75, 3.05) is 18.0 Å². The molecule has 4 heterocycles. The molecular weight excluding hydrogens is 376 g/mol. The summed E-state index contributed by atoms with van der Waals surface area (Å²) in [5, 5.41) is 8.58. The number of hydrogen-bond acceptors (Lipinski definition) is 6. The van der Waals surface area contributed by atoms with Gasteiger partial charge in [-0.05, 0) is 44.4 Å². The first kappa shape index (κ1) is 17.2. The van der Waals surface area contributed by atoms with E-state index in [0.29, 0.717) is 16.8 Å². The summed E-state index contributed by atoms with van der Waals surface area (Å²) in [6, 6.07) is 8.58. The number of aromatic nitrogens is 5. The molecule has 1 fully saturated rings. The topological polar surface area (TPSA) is 85.4 Å². The van der Waals surface area contributed by atoms with Crippen molar-refractivity contribution in [3.63, 3.8) is 0 Å². The van der Waals surface area contributed by atoms with Crippen LogP contribution in [0.2, 0.25) is 0 Å². The van der Waals surface area contributed by atoms with Crippen molar-refractivity contribution >= 4 is 32.8 Å². The van der Waals surface area contributed by atoms with Crippen LogP contribution in [0.25, 0.3) is 16.8 Å². The molecule has 4 aromatic rings. The highest BCUT2D eigenvalue weighted by atomic mass is 32.2. The van der Waals surface area contributed by atoms with Gasteiger partial charge in [-0.1, -0.05) is 17.7 Å². The summed E-state index contributed by atoms with van der Waals surface area (Å²) >= 11 is 0. The van der Waals surface area contributed by atoms with E-state index >= 15 is 0 Å². The molecule has 0 N–H and O–H groups in total. The van der Waals surface area contributed by atoms with Gasteiger partial charge in [0.1, 0.15) is 0 Å². The van der Waals surface area contributed by atoms with Crippen LogP contribution in [-0.2, 0) is 10.0 Å². The van der Waals surface area contributed by atoms with E-state index in [1.807, 2.05) is 11.3 Å². The molecular formula is C19H20N6O2S. The fourth-order valence-corrected chi connectivity index (χ4v) is 5.03. The molecule has 8 nitrogen and oxygen atoms in total. The lowest BCUT2D eigenvalue weighted by Crippen LogP contribution is -2.31. The van der Waals surface area contributed by atoms with Crippen LogP contribution in [0.4, 0.5) is 5.95 Å². The van der Waals surface area contributed by atoms with Gasteiger partial charge in [-0.15, -0.1) is 10.2 Å². The number of nitrogens with zero attached hydrogens (tertiary/aromatic N) is 6. The monoisotopic (exact) mass is 396 g/mol. The molecule has 1 aliphatic rings. The van der Waals surface area contributed by atoms with Crippen LogP contribution < -0.4 is 4.90 Å². The number of anilines is 1. The van der Waals surface area contributed by atoms with Crippen molar-refractivity contribution in [2.24, 2.45) is 0 Å². The van der Waals surface area contributed by atoms with Crippen LogP contribution in [0.3, 0.4) is 0 Å². The predicted molar refractivity (Wildman–Crippen MR) is 106 cm³/mol. The molecule has 1 aliphatic heterocycles. The fraction of sp³-hybridized carbons (Fsp3) is 0.316. The first-order chi connectivity index (χ1) is 13.6. The van der Waals surface area contributed by atoms with Crippen LogP contribution >= 0.6 is 0 Å². The molecule has 1 saturated heterocycles. The van der Waals surface area contributed by atoms with Gasteiger partial charge in [0.2, 0.25) is 5.95 Å². The Balaban J connectivity index is 1.69. The van der Waals surface area contributed by atoms with Crippen LogP contribution in [-0.4, -0.2) is 45.1 Å². The highest BCUT2D eigenvalue weighted by Gasteiger charge is 2.23. The summed E-state index contributed by atoms with van der Waals surface area (Å²) in [4.78, 5) is 6.82. The standard InChI is InChI=1S/C19H20N6O2S/c1-14-5-7-15(8-6-14)28(26,27)24-12-9-16-18(24)20-13-17-21-22-19(25(16)17)23-10-3-2-4-11-23/h5-9,12-13H,2-4,10-11H2,1H3. The Kier molecular flexibility index (Phi) is 3.87. The Morgan fingerprint density at radius 3 is 2.46 bits per heavy atom. The van der Waals surface area contributed by atoms with E-state index in [0.717, 1.165) is 37.4 Å². The summed E-state index contributed by atoms with van der Waals surface area (Å²) in [5.74, 6) is 0.743. The maximum atomic E-state index is 13.2. The largest absolute Gasteiger partial charge is 0.341 e. The third-order valence-electron chi connectivity index (χ3n) is 5.24. The first-order valence-corrected chi connectivity index (χ1v) is 10.8. The van der Waals surface area contributed by atoms with Crippen LogP contribution in [0.1, 0.15) is 24.8 Å². The van der Waals surface area contributed by atoms with Crippen LogP contribution in [0.15, 0.2) is 47.6 Å². The number of hydrogen-bond donors (Lipinski definition) is 0. The molecule has 0 atom stereocenters. The zero-order valence-corrected chi connectivity index (χ0v) is 16.3. The molecule has 0 amide bonds. The van der Waals surface area contributed by atoms with E-state index in [4.69, 9.17) is 0 Å². The van der Waals surface area contributed by atoms with E-state index in [1.165, 1.54) is 10.4 Å². The highest BCUT2D eigenvalue weighted by molar-refractivity contribution is 7.90. The first-order valence-electron chi connectivity index (χ1n) is 9.34. The molecule has 28 heavy (non-hydrogen) atoms. The van der Waals surface area contributed by atoms with E-state index in [1.54, 1.807) is 42.7 Å². The molecule has 3 aromatic heterocycles. The molecule has 0 bridgehead atoms. The molecule has 9 heteroatoms. The van der Waals surface area contributed by atoms with Crippen molar-refractivity contribution < 1.29 is 8.42 Å². The molecule has 0 saturated carbocycles. The number of aryl methyl sites for hydroxylation is 1. The van der Waals surface area contributed by atoms with Gasteiger partial charge >= 0.3 is 0 Å². The Labute approximate surface area is 162 Å². The molecule has 144 valence electrons. The minimum atomic E-state index is -3.74. The summed E-state index contributed by atoms with van der Waals surface area (Å²) in [7, 11) is -3.74. The quantitative estimate of drug-likeness (QED) is 0.529. The molecule has 0 unspecified atom stereocenters. The minimum absolute atomic E-state index is 0.234. The van der Waals surface area contributed by atoms with Gasteiger partial charge in [-0.25, -0.2) is 17.4 Å². The van der Waals surface area contributed by atoms with Crippen molar-refractivity contribution in [3.05, 3.63) is 48.3 Å². The molecule has 1 aromatic carbocycles. The second-order valence-electron chi connectivity index (χ2n) is 7.14. The lowest BCUT2D eigenvalue weighted by atomic mass is 10.1. The van der Waals surface area contributed by atoms with Crippen LogP contribution in [0.5, 0.6) is 0 Å². The Morgan fingerprint density at radius 2 is 1.71 bits per heavy atom. The van der Waals surface area contributed by atoms with Crippen LogP contribution in [0, 0.1) is 6.92 Å². The summed E-state index contributed by atoms with van der Waals surface area (Å²) in [5.41, 5.74) is 2.66. The van der Waals surface area contributed by atoms with E-state index in [-0.39, 0.29) is 4.90 Å². The number of piperidine rings is 1. The average Bonchev–Trinajstić information content (AvgIpc) is 3.33. The second kappa shape index (κ2) is 6.30. The Bertz CT molecular complexity index is 1270. The van der Waals surface area contributed by atoms with Gasteiger partial charge in [-0.3, -0.25) is 4.40 Å². The number of benzene rings is 1. The Morgan fingerprint density at radius 1 is 0.964 bits per heavy atom. The highest BCUT2D eigenvalue weighted by Crippen LogP contribution is 2.26. The molecule has 0 aliphatic carbocycles. The average molecular weight is 396 g/mol. The van der Waals surface area contributed by atoms with Gasteiger partial charge in [0, 0.05) is 19.3 Å². The molecule has 0 spiro atoms. The van der Waals surface area contributed by atoms with Crippen molar-refractivity contribution in [3.8, 4) is 0 Å². The van der Waals surface area contributed by atoms with Gasteiger partial charge in [0.15, 0.2) is 11.3 Å².